The van der Waals surface area contributed by atoms with Gasteiger partial charge in [0.15, 0.2) is 0 Å². The highest BCUT2D eigenvalue weighted by Crippen LogP contribution is 2.29. The van der Waals surface area contributed by atoms with Crippen molar-refractivity contribution in [3.05, 3.63) is 58.6 Å². The first kappa shape index (κ1) is 18.5. The number of anilines is 1. The van der Waals surface area contributed by atoms with Crippen molar-refractivity contribution >= 4 is 31.8 Å². The van der Waals surface area contributed by atoms with E-state index in [1.54, 1.807) is 12.1 Å². The molecule has 0 unspecified atom stereocenters. The lowest BCUT2D eigenvalue weighted by Crippen LogP contribution is -2.14. The first-order valence-corrected chi connectivity index (χ1v) is 10.1. The van der Waals surface area contributed by atoms with Gasteiger partial charge in [-0.3, -0.25) is 0 Å². The minimum Gasteiger partial charge on any atom is -0.495 e. The van der Waals surface area contributed by atoms with E-state index in [4.69, 9.17) is 9.26 Å². The number of sulfonamides is 1. The van der Waals surface area contributed by atoms with Gasteiger partial charge in [0.25, 0.3) is 10.0 Å². The number of hydrogen-bond donors (Lipinski definition) is 1. The van der Waals surface area contributed by atoms with Crippen LogP contribution < -0.4 is 9.46 Å². The predicted molar refractivity (Wildman–Crippen MR) is 103 cm³/mol. The molecule has 0 saturated carbocycles. The summed E-state index contributed by atoms with van der Waals surface area (Å²) in [5.41, 5.74) is 2.22. The molecule has 0 saturated heterocycles. The number of nitrogens with one attached hydrogen (secondary N) is 1. The normalized spacial score (nSPS) is 11.3. The van der Waals surface area contributed by atoms with Crippen molar-refractivity contribution in [1.29, 1.82) is 0 Å². The number of hydrogen-bond acceptors (Lipinski definition) is 5. The van der Waals surface area contributed by atoms with Crippen LogP contribution in [0.25, 0.3) is 11.3 Å². The van der Waals surface area contributed by atoms with Crippen LogP contribution in [0, 0.1) is 0 Å². The van der Waals surface area contributed by atoms with E-state index < -0.39 is 10.0 Å². The predicted octanol–water partition coefficient (Wildman–Crippen LogP) is 4.48. The summed E-state index contributed by atoms with van der Waals surface area (Å²) in [6.07, 6.45) is 0.710. The molecule has 2 aromatic carbocycles. The van der Waals surface area contributed by atoms with Gasteiger partial charge in [-0.1, -0.05) is 46.2 Å². The molecule has 1 aromatic heterocycles. The van der Waals surface area contributed by atoms with Gasteiger partial charge in [-0.2, -0.15) is 0 Å². The zero-order chi connectivity index (χ0) is 18.7. The summed E-state index contributed by atoms with van der Waals surface area (Å²) in [5, 5.41) is 3.93. The van der Waals surface area contributed by atoms with Crippen molar-refractivity contribution in [1.82, 2.24) is 5.16 Å². The summed E-state index contributed by atoms with van der Waals surface area (Å²) >= 11 is 3.39. The fourth-order valence-corrected chi connectivity index (χ4v) is 4.04. The van der Waals surface area contributed by atoms with Gasteiger partial charge in [-0.25, -0.2) is 13.1 Å². The lowest BCUT2D eigenvalue weighted by Gasteiger charge is -2.11. The Bertz CT molecular complexity index is 1030. The average Bonchev–Trinajstić information content (AvgIpc) is 3.09. The molecule has 0 fully saturated rings. The molecule has 1 N–H and O–H groups in total. The molecule has 1 heterocycles. The standard InChI is InChI=1S/C18H17BrN2O4S/c1-3-12-7-8-16(24-2)17(9-12)26(22,23)21-18-11-15(20-25-18)13-5-4-6-14(19)10-13/h4-11,21H,3H2,1-2H3. The van der Waals surface area contributed by atoms with Crippen LogP contribution in [-0.4, -0.2) is 20.7 Å². The summed E-state index contributed by atoms with van der Waals surface area (Å²) in [7, 11) is -2.45. The van der Waals surface area contributed by atoms with Gasteiger partial charge in [-0.05, 0) is 36.2 Å². The number of aryl methyl sites for hydroxylation is 1. The fourth-order valence-electron chi connectivity index (χ4n) is 2.45. The number of ether oxygens (including phenoxy) is 1. The Morgan fingerprint density at radius 3 is 2.69 bits per heavy atom. The number of rotatable bonds is 6. The third kappa shape index (κ3) is 3.91. The second kappa shape index (κ2) is 7.51. The maximum atomic E-state index is 12.8. The molecule has 0 radical (unpaired) electrons. The highest BCUT2D eigenvalue weighted by molar-refractivity contribution is 9.10. The smallest absolute Gasteiger partial charge is 0.267 e. The van der Waals surface area contributed by atoms with E-state index in [2.05, 4.69) is 25.8 Å². The maximum Gasteiger partial charge on any atom is 0.267 e. The second-order valence-corrected chi connectivity index (χ2v) is 8.10. The van der Waals surface area contributed by atoms with E-state index in [0.717, 1.165) is 15.6 Å². The minimum atomic E-state index is -3.88. The third-order valence-corrected chi connectivity index (χ3v) is 5.65. The Labute approximate surface area is 160 Å². The van der Waals surface area contributed by atoms with Crippen molar-refractivity contribution in [2.24, 2.45) is 0 Å². The van der Waals surface area contributed by atoms with E-state index in [9.17, 15) is 8.42 Å². The molecular formula is C18H17BrN2O4S. The van der Waals surface area contributed by atoms with E-state index in [0.29, 0.717) is 12.1 Å². The van der Waals surface area contributed by atoms with Crippen LogP contribution >= 0.6 is 15.9 Å². The molecular weight excluding hydrogens is 420 g/mol. The van der Waals surface area contributed by atoms with Crippen LogP contribution in [0.1, 0.15) is 12.5 Å². The fraction of sp³-hybridized carbons (Fsp3) is 0.167. The molecule has 0 amide bonds. The van der Waals surface area contributed by atoms with Gasteiger partial charge in [0.2, 0.25) is 5.88 Å². The summed E-state index contributed by atoms with van der Waals surface area (Å²) in [5.74, 6) is 0.297. The molecule has 0 atom stereocenters. The molecule has 26 heavy (non-hydrogen) atoms. The minimum absolute atomic E-state index is 0.0314. The van der Waals surface area contributed by atoms with Crippen molar-refractivity contribution in [3.8, 4) is 17.0 Å². The van der Waals surface area contributed by atoms with Crippen LogP contribution in [0.5, 0.6) is 5.75 Å². The maximum absolute atomic E-state index is 12.8. The van der Waals surface area contributed by atoms with Gasteiger partial charge >= 0.3 is 0 Å². The molecule has 0 aliphatic heterocycles. The number of aromatic nitrogens is 1. The van der Waals surface area contributed by atoms with Crippen LogP contribution in [-0.2, 0) is 16.4 Å². The Kier molecular flexibility index (Phi) is 5.33. The number of benzene rings is 2. The lowest BCUT2D eigenvalue weighted by molar-refractivity contribution is 0.402. The van der Waals surface area contributed by atoms with Gasteiger partial charge in [-0.15, -0.1) is 0 Å². The number of halogens is 1. The topological polar surface area (TPSA) is 81.4 Å². The van der Waals surface area contributed by atoms with E-state index in [1.165, 1.54) is 13.2 Å². The lowest BCUT2D eigenvalue weighted by atomic mass is 10.2. The van der Waals surface area contributed by atoms with E-state index in [1.807, 2.05) is 37.3 Å². The third-order valence-electron chi connectivity index (χ3n) is 3.79. The van der Waals surface area contributed by atoms with Crippen LogP contribution in [0.4, 0.5) is 5.88 Å². The summed E-state index contributed by atoms with van der Waals surface area (Å²) < 4.78 is 39.2. The van der Waals surface area contributed by atoms with E-state index >= 15 is 0 Å². The van der Waals surface area contributed by atoms with Crippen molar-refractivity contribution < 1.29 is 17.7 Å². The molecule has 8 heteroatoms. The average molecular weight is 437 g/mol. The highest BCUT2D eigenvalue weighted by Gasteiger charge is 2.22. The second-order valence-electron chi connectivity index (χ2n) is 5.53. The quantitative estimate of drug-likeness (QED) is 0.615. The zero-order valence-corrected chi connectivity index (χ0v) is 16.6. The zero-order valence-electron chi connectivity index (χ0n) is 14.2. The van der Waals surface area contributed by atoms with Gasteiger partial charge in [0.1, 0.15) is 16.3 Å². The summed E-state index contributed by atoms with van der Waals surface area (Å²) in [6, 6.07) is 14.1. The Morgan fingerprint density at radius 2 is 2.00 bits per heavy atom. The number of methoxy groups -OCH3 is 1. The molecule has 6 nitrogen and oxygen atoms in total. The molecule has 3 rings (SSSR count). The largest absolute Gasteiger partial charge is 0.495 e. The number of nitrogens with zero attached hydrogens (tertiary/aromatic N) is 1. The molecule has 0 bridgehead atoms. The molecule has 0 aliphatic rings. The molecule has 3 aromatic rings. The van der Waals surface area contributed by atoms with Gasteiger partial charge in [0.05, 0.1) is 7.11 Å². The Morgan fingerprint density at radius 1 is 1.19 bits per heavy atom. The summed E-state index contributed by atoms with van der Waals surface area (Å²) in [4.78, 5) is 0.0553. The van der Waals surface area contributed by atoms with Crippen molar-refractivity contribution in [2.75, 3.05) is 11.8 Å². The Hall–Kier alpha value is -2.32. The van der Waals surface area contributed by atoms with Gasteiger partial charge in [0, 0.05) is 16.1 Å². The molecule has 0 aliphatic carbocycles. The van der Waals surface area contributed by atoms with Crippen LogP contribution in [0.3, 0.4) is 0 Å². The van der Waals surface area contributed by atoms with Crippen LogP contribution in [0.15, 0.2) is 62.4 Å². The van der Waals surface area contributed by atoms with Gasteiger partial charge < -0.3 is 9.26 Å². The van der Waals surface area contributed by atoms with Crippen molar-refractivity contribution in [2.45, 2.75) is 18.2 Å². The molecule has 136 valence electrons. The van der Waals surface area contributed by atoms with E-state index in [-0.39, 0.29) is 16.5 Å². The van der Waals surface area contributed by atoms with Crippen molar-refractivity contribution in [3.63, 3.8) is 0 Å². The molecule has 0 spiro atoms. The summed E-state index contributed by atoms with van der Waals surface area (Å²) in [6.45, 7) is 1.95. The first-order valence-electron chi connectivity index (χ1n) is 7.85. The first-order chi connectivity index (χ1) is 12.4. The highest BCUT2D eigenvalue weighted by atomic mass is 79.9. The van der Waals surface area contributed by atoms with Crippen LogP contribution in [0.2, 0.25) is 0 Å². The SMILES string of the molecule is CCc1ccc(OC)c(S(=O)(=O)Nc2cc(-c3cccc(Br)c3)no2)c1. The monoisotopic (exact) mass is 436 g/mol. The Balaban J connectivity index is 1.91.